The van der Waals surface area contributed by atoms with Gasteiger partial charge in [0.1, 0.15) is 35.9 Å². The summed E-state index contributed by atoms with van der Waals surface area (Å²) in [6, 6.07) is 14.8. The standard InChI is InChI=1S/C33H30N2O9/c1-17-22(31(33(39)40)35-30(17)29(18(2)36)32(35)38)5-4-12-42-25-11-6-19(13-28(25)41-3)16-43-21-8-10-24-27(15-21)44-26-14-20(37)7-9-23(26)34-24/h4-11,13-15,17-18,29-30,36H,12,16H2,1-3H3,(H,39,40)/b5-4+/t17-,18?,29+,30+/m0/s1. The van der Waals surface area contributed by atoms with Crippen molar-refractivity contribution < 1.29 is 38.4 Å². The van der Waals surface area contributed by atoms with Crippen LogP contribution in [0.3, 0.4) is 0 Å². The highest BCUT2D eigenvalue weighted by atomic mass is 16.5. The number of methoxy groups -OCH3 is 1. The smallest absolute Gasteiger partial charge is 0.352 e. The van der Waals surface area contributed by atoms with E-state index in [1.54, 1.807) is 55.5 Å². The number of aliphatic hydroxyl groups excluding tert-OH is 1. The lowest BCUT2D eigenvalue weighted by molar-refractivity contribution is -0.163. The molecular formula is C33H30N2O9. The number of amides is 1. The number of aromatic nitrogens is 1. The van der Waals surface area contributed by atoms with Gasteiger partial charge in [-0.15, -0.1) is 0 Å². The number of carbonyl (C=O) groups excluding carboxylic acids is 1. The summed E-state index contributed by atoms with van der Waals surface area (Å²) in [6.45, 7) is 3.77. The van der Waals surface area contributed by atoms with E-state index in [0.717, 1.165) is 5.56 Å². The molecule has 2 aromatic rings. The second kappa shape index (κ2) is 11.5. The Balaban J connectivity index is 1.11. The molecule has 1 aliphatic carbocycles. The Morgan fingerprint density at radius 1 is 1.09 bits per heavy atom. The van der Waals surface area contributed by atoms with E-state index in [4.69, 9.17) is 18.6 Å². The number of aliphatic carboxylic acids is 1. The van der Waals surface area contributed by atoms with Crippen LogP contribution < -0.4 is 19.6 Å². The number of carboxylic acids is 1. The zero-order valence-electron chi connectivity index (χ0n) is 24.2. The summed E-state index contributed by atoms with van der Waals surface area (Å²) in [5.41, 5.74) is 2.86. The van der Waals surface area contributed by atoms with Crippen LogP contribution in [0.25, 0.3) is 22.6 Å². The van der Waals surface area contributed by atoms with Gasteiger partial charge < -0.3 is 33.7 Å². The Kier molecular flexibility index (Phi) is 7.56. The van der Waals surface area contributed by atoms with Gasteiger partial charge >= 0.3 is 5.97 Å². The molecule has 0 aromatic heterocycles. The van der Waals surface area contributed by atoms with Crippen LogP contribution in [0.4, 0.5) is 0 Å². The van der Waals surface area contributed by atoms with Crippen molar-refractivity contribution in [1.29, 1.82) is 0 Å². The van der Waals surface area contributed by atoms with Gasteiger partial charge in [-0.05, 0) is 60.5 Å². The highest BCUT2D eigenvalue weighted by Gasteiger charge is 2.59. The molecule has 2 N–H and O–H groups in total. The number of allylic oxidation sites excluding steroid dienone is 1. The van der Waals surface area contributed by atoms with Gasteiger partial charge in [-0.1, -0.05) is 19.1 Å². The van der Waals surface area contributed by atoms with Crippen LogP contribution in [-0.2, 0) is 16.2 Å². The summed E-state index contributed by atoms with van der Waals surface area (Å²) in [6.07, 6.45) is 2.50. The van der Waals surface area contributed by atoms with Gasteiger partial charge in [0.25, 0.3) is 0 Å². The number of carboxylic acid groups (broad SMARTS) is 1. The van der Waals surface area contributed by atoms with Crippen LogP contribution in [0.1, 0.15) is 19.4 Å². The third-order valence-corrected chi connectivity index (χ3v) is 8.02. The quantitative estimate of drug-likeness (QED) is 0.203. The fourth-order valence-corrected chi connectivity index (χ4v) is 5.89. The third kappa shape index (κ3) is 5.15. The van der Waals surface area contributed by atoms with E-state index in [2.05, 4.69) is 4.98 Å². The minimum atomic E-state index is -1.18. The molecule has 0 saturated carbocycles. The SMILES string of the molecule is COc1cc(COc2ccc3nc4ccc(=O)cc-4oc3c2)ccc1OC/C=C/C1=C(C(=O)O)N2C(=O)[C@H](C(C)O)[C@H]2[C@H]1C. The van der Waals surface area contributed by atoms with E-state index in [0.29, 0.717) is 45.4 Å². The average Bonchev–Trinajstić information content (AvgIpc) is 3.24. The van der Waals surface area contributed by atoms with Crippen LogP contribution in [-0.4, -0.2) is 57.8 Å². The van der Waals surface area contributed by atoms with Crippen LogP contribution in [0, 0.1) is 11.8 Å². The van der Waals surface area contributed by atoms with Gasteiger partial charge in [-0.25, -0.2) is 9.78 Å². The first-order chi connectivity index (χ1) is 21.2. The summed E-state index contributed by atoms with van der Waals surface area (Å²) in [4.78, 5) is 42.0. The molecule has 226 valence electrons. The van der Waals surface area contributed by atoms with Crippen LogP contribution in [0.5, 0.6) is 17.2 Å². The maximum atomic E-state index is 12.5. The topological polar surface area (TPSA) is 149 Å². The molecule has 1 fully saturated rings. The van der Waals surface area contributed by atoms with E-state index >= 15 is 0 Å². The minimum Gasteiger partial charge on any atom is -0.493 e. The van der Waals surface area contributed by atoms with Crippen LogP contribution in [0.2, 0.25) is 0 Å². The van der Waals surface area contributed by atoms with Crippen molar-refractivity contribution in [3.8, 4) is 28.7 Å². The Labute approximate surface area is 251 Å². The maximum absolute atomic E-state index is 12.5. The van der Waals surface area contributed by atoms with Crippen LogP contribution >= 0.6 is 0 Å². The molecule has 4 atom stereocenters. The zero-order chi connectivity index (χ0) is 31.1. The summed E-state index contributed by atoms with van der Waals surface area (Å²) in [7, 11) is 1.53. The molecule has 4 aliphatic rings. The van der Waals surface area contributed by atoms with Crippen molar-refractivity contribution in [3.63, 3.8) is 0 Å². The molecule has 11 heteroatoms. The predicted octanol–water partition coefficient (Wildman–Crippen LogP) is 4.01. The van der Waals surface area contributed by atoms with Crippen LogP contribution in [0.15, 0.2) is 87.2 Å². The molecule has 0 radical (unpaired) electrons. The number of carbonyl (C=O) groups is 2. The fourth-order valence-electron chi connectivity index (χ4n) is 5.89. The zero-order valence-corrected chi connectivity index (χ0v) is 24.2. The lowest BCUT2D eigenvalue weighted by Gasteiger charge is -2.46. The Morgan fingerprint density at radius 3 is 2.66 bits per heavy atom. The second-order valence-corrected chi connectivity index (χ2v) is 10.8. The Morgan fingerprint density at radius 2 is 1.91 bits per heavy atom. The van der Waals surface area contributed by atoms with Crippen molar-refractivity contribution in [1.82, 2.24) is 9.88 Å². The van der Waals surface area contributed by atoms with E-state index in [1.807, 2.05) is 13.0 Å². The van der Waals surface area contributed by atoms with Gasteiger partial charge in [-0.3, -0.25) is 9.59 Å². The first-order valence-corrected chi connectivity index (χ1v) is 14.1. The highest BCUT2D eigenvalue weighted by molar-refractivity contribution is 6.00. The summed E-state index contributed by atoms with van der Waals surface area (Å²) in [5.74, 6) is -0.476. The number of fused-ring (bicyclic) bond motifs is 3. The maximum Gasteiger partial charge on any atom is 0.352 e. The van der Waals surface area contributed by atoms with Gasteiger partial charge in [0, 0.05) is 18.1 Å². The van der Waals surface area contributed by atoms with Crippen molar-refractivity contribution in [2.45, 2.75) is 32.6 Å². The lowest BCUT2D eigenvalue weighted by atomic mass is 9.78. The number of benzene rings is 3. The van der Waals surface area contributed by atoms with Crippen molar-refractivity contribution >= 4 is 23.0 Å². The highest BCUT2D eigenvalue weighted by Crippen LogP contribution is 2.47. The molecule has 11 nitrogen and oxygen atoms in total. The molecule has 0 bridgehead atoms. The van der Waals surface area contributed by atoms with Gasteiger partial charge in [0.15, 0.2) is 28.3 Å². The van der Waals surface area contributed by atoms with E-state index in [-0.39, 0.29) is 42.2 Å². The number of hydrogen-bond acceptors (Lipinski definition) is 9. The number of nitrogens with zero attached hydrogens (tertiary/aromatic N) is 2. The van der Waals surface area contributed by atoms with Crippen molar-refractivity contribution in [3.05, 3.63) is 93.8 Å². The molecule has 1 amide bonds. The minimum absolute atomic E-state index is 0.0520. The van der Waals surface area contributed by atoms with Gasteiger partial charge in [0.2, 0.25) is 5.91 Å². The van der Waals surface area contributed by atoms with Gasteiger partial charge in [-0.2, -0.15) is 0 Å². The molecular weight excluding hydrogens is 568 g/mol. The number of ether oxygens (including phenoxy) is 3. The molecule has 44 heavy (non-hydrogen) atoms. The second-order valence-electron chi connectivity index (χ2n) is 10.8. The van der Waals surface area contributed by atoms with E-state index in [1.165, 1.54) is 24.1 Å². The molecule has 1 unspecified atom stereocenters. The monoisotopic (exact) mass is 598 g/mol. The lowest BCUT2D eigenvalue weighted by Crippen LogP contribution is -2.63. The number of rotatable bonds is 10. The molecule has 6 rings (SSSR count). The average molecular weight is 599 g/mol. The first kappa shape index (κ1) is 28.9. The molecule has 2 aromatic carbocycles. The largest absolute Gasteiger partial charge is 0.493 e. The van der Waals surface area contributed by atoms with E-state index < -0.39 is 18.0 Å². The third-order valence-electron chi connectivity index (χ3n) is 8.02. The number of β-lactam (4-membered cyclic amide) rings is 1. The Bertz CT molecular complexity index is 1860. The van der Waals surface area contributed by atoms with Crippen molar-refractivity contribution in [2.75, 3.05) is 13.7 Å². The van der Waals surface area contributed by atoms with Gasteiger partial charge in [0.05, 0.1) is 25.2 Å². The summed E-state index contributed by atoms with van der Waals surface area (Å²) >= 11 is 0. The van der Waals surface area contributed by atoms with E-state index in [9.17, 15) is 24.6 Å². The summed E-state index contributed by atoms with van der Waals surface area (Å²) < 4.78 is 23.2. The normalized spacial score (nSPS) is 20.2. The summed E-state index contributed by atoms with van der Waals surface area (Å²) in [5, 5.41) is 19.8. The number of aliphatic hydroxyl groups is 1. The fraction of sp³-hybridized carbons (Fsp3) is 0.273. The predicted molar refractivity (Wildman–Crippen MR) is 158 cm³/mol. The number of hydrogen-bond donors (Lipinski definition) is 2. The molecule has 1 saturated heterocycles. The Hall–Kier alpha value is -5.16. The van der Waals surface area contributed by atoms with Crippen molar-refractivity contribution in [2.24, 2.45) is 11.8 Å². The molecule has 0 spiro atoms. The molecule has 3 heterocycles. The molecule has 3 aliphatic heterocycles. The first-order valence-electron chi connectivity index (χ1n) is 14.1.